The highest BCUT2D eigenvalue weighted by Gasteiger charge is 2.50. The molecular weight excluding hydrogens is 198 g/mol. The first kappa shape index (κ1) is 12.3. The number of nitrogens with zero attached hydrogens (tertiary/aromatic N) is 2. The number of rotatable bonds is 5. The Kier molecular flexibility index (Phi) is 3.57. The Balaban J connectivity index is 1.59. The molecule has 0 unspecified atom stereocenters. The summed E-state index contributed by atoms with van der Waals surface area (Å²) >= 11 is 0. The Morgan fingerprint density at radius 1 is 1.00 bits per heavy atom. The van der Waals surface area contributed by atoms with Crippen LogP contribution in [-0.4, -0.2) is 55.2 Å². The van der Waals surface area contributed by atoms with E-state index in [9.17, 15) is 0 Å². The van der Waals surface area contributed by atoms with Gasteiger partial charge in [-0.2, -0.15) is 0 Å². The van der Waals surface area contributed by atoms with Crippen LogP contribution < -0.4 is 5.32 Å². The summed E-state index contributed by atoms with van der Waals surface area (Å²) in [5, 5.41) is 3.49. The van der Waals surface area contributed by atoms with Crippen molar-refractivity contribution < 1.29 is 0 Å². The lowest BCUT2D eigenvalue weighted by Crippen LogP contribution is -2.73. The van der Waals surface area contributed by atoms with Gasteiger partial charge in [-0.3, -0.25) is 4.90 Å². The minimum atomic E-state index is 0.607. The zero-order valence-corrected chi connectivity index (χ0v) is 11.3. The summed E-state index contributed by atoms with van der Waals surface area (Å²) in [6.45, 7) is 16.7. The van der Waals surface area contributed by atoms with E-state index < -0.39 is 0 Å². The molecule has 2 saturated heterocycles. The van der Waals surface area contributed by atoms with Crippen molar-refractivity contribution >= 4 is 0 Å². The van der Waals surface area contributed by atoms with Crippen LogP contribution in [0, 0.1) is 11.3 Å². The van der Waals surface area contributed by atoms with Gasteiger partial charge in [-0.15, -0.1) is 0 Å². The van der Waals surface area contributed by atoms with Crippen LogP contribution in [-0.2, 0) is 0 Å². The van der Waals surface area contributed by atoms with E-state index in [4.69, 9.17) is 0 Å². The summed E-state index contributed by atoms with van der Waals surface area (Å²) < 4.78 is 0. The SMILES string of the molecule is CC(C)CN1CC2(CN(CNC(C)C)C2)C1. The fourth-order valence-corrected chi connectivity index (χ4v) is 3.07. The van der Waals surface area contributed by atoms with Crippen molar-refractivity contribution in [1.29, 1.82) is 0 Å². The molecule has 94 valence electrons. The zero-order chi connectivity index (χ0) is 11.8. The van der Waals surface area contributed by atoms with Crippen LogP contribution >= 0.6 is 0 Å². The normalized spacial score (nSPS) is 25.1. The molecule has 0 radical (unpaired) electrons. The standard InChI is InChI=1S/C13H27N3/c1-11(2)5-15-6-13(7-15)8-16(9-13)10-14-12(3)4/h11-12,14H,5-10H2,1-4H3. The van der Waals surface area contributed by atoms with Gasteiger partial charge in [0.05, 0.1) is 0 Å². The lowest BCUT2D eigenvalue weighted by Gasteiger charge is -2.61. The lowest BCUT2D eigenvalue weighted by atomic mass is 9.73. The van der Waals surface area contributed by atoms with Crippen LogP contribution in [0.25, 0.3) is 0 Å². The molecule has 0 atom stereocenters. The van der Waals surface area contributed by atoms with E-state index in [0.29, 0.717) is 11.5 Å². The molecule has 1 N–H and O–H groups in total. The molecule has 0 saturated carbocycles. The predicted molar refractivity (Wildman–Crippen MR) is 68.4 cm³/mol. The van der Waals surface area contributed by atoms with Gasteiger partial charge >= 0.3 is 0 Å². The summed E-state index contributed by atoms with van der Waals surface area (Å²) in [7, 11) is 0. The van der Waals surface area contributed by atoms with Crippen LogP contribution in [0.15, 0.2) is 0 Å². The summed E-state index contributed by atoms with van der Waals surface area (Å²) in [4.78, 5) is 5.14. The second-order valence-corrected chi connectivity index (χ2v) is 6.57. The molecule has 3 heteroatoms. The fraction of sp³-hybridized carbons (Fsp3) is 1.00. The molecule has 0 bridgehead atoms. The number of hydrogen-bond acceptors (Lipinski definition) is 3. The monoisotopic (exact) mass is 225 g/mol. The average molecular weight is 225 g/mol. The summed E-state index contributed by atoms with van der Waals surface area (Å²) in [6.07, 6.45) is 0. The topological polar surface area (TPSA) is 18.5 Å². The van der Waals surface area contributed by atoms with E-state index in [2.05, 4.69) is 42.8 Å². The molecular formula is C13H27N3. The van der Waals surface area contributed by atoms with E-state index in [1.165, 1.54) is 32.7 Å². The summed E-state index contributed by atoms with van der Waals surface area (Å²) in [5.41, 5.74) is 0.674. The van der Waals surface area contributed by atoms with Gasteiger partial charge in [0, 0.05) is 50.8 Å². The Morgan fingerprint density at radius 3 is 2.06 bits per heavy atom. The molecule has 0 aromatic heterocycles. The minimum Gasteiger partial charge on any atom is -0.302 e. The van der Waals surface area contributed by atoms with Crippen LogP contribution in [0.4, 0.5) is 0 Å². The van der Waals surface area contributed by atoms with Crippen LogP contribution in [0.3, 0.4) is 0 Å². The smallest absolute Gasteiger partial charge is 0.0482 e. The predicted octanol–water partition coefficient (Wildman–Crippen LogP) is 1.22. The Morgan fingerprint density at radius 2 is 1.56 bits per heavy atom. The van der Waals surface area contributed by atoms with Gasteiger partial charge < -0.3 is 10.2 Å². The highest BCUT2D eigenvalue weighted by atomic mass is 15.3. The van der Waals surface area contributed by atoms with Crippen LogP contribution in [0.2, 0.25) is 0 Å². The van der Waals surface area contributed by atoms with Crippen LogP contribution in [0.5, 0.6) is 0 Å². The first-order valence-electron chi connectivity index (χ1n) is 6.67. The maximum Gasteiger partial charge on any atom is 0.0482 e. The van der Waals surface area contributed by atoms with Gasteiger partial charge in [0.2, 0.25) is 0 Å². The molecule has 2 aliphatic rings. The summed E-state index contributed by atoms with van der Waals surface area (Å²) in [5.74, 6) is 0.816. The molecule has 2 aliphatic heterocycles. The number of nitrogens with one attached hydrogen (secondary N) is 1. The lowest BCUT2D eigenvalue weighted by molar-refractivity contribution is -0.120. The van der Waals surface area contributed by atoms with Gasteiger partial charge in [0.1, 0.15) is 0 Å². The molecule has 1 spiro atoms. The Labute approximate surface area is 100 Å². The van der Waals surface area contributed by atoms with E-state index in [1.54, 1.807) is 0 Å². The molecule has 2 fully saturated rings. The van der Waals surface area contributed by atoms with Gasteiger partial charge in [0.25, 0.3) is 0 Å². The molecule has 2 heterocycles. The fourth-order valence-electron chi connectivity index (χ4n) is 3.07. The molecule has 0 aromatic rings. The number of hydrogen-bond donors (Lipinski definition) is 1. The Hall–Kier alpha value is -0.120. The molecule has 16 heavy (non-hydrogen) atoms. The highest BCUT2D eigenvalue weighted by Crippen LogP contribution is 2.39. The maximum atomic E-state index is 3.49. The van der Waals surface area contributed by atoms with Crippen LogP contribution in [0.1, 0.15) is 27.7 Å². The van der Waals surface area contributed by atoms with Crippen molar-refractivity contribution in [3.05, 3.63) is 0 Å². The quantitative estimate of drug-likeness (QED) is 0.759. The largest absolute Gasteiger partial charge is 0.302 e. The molecule has 0 amide bonds. The van der Waals surface area contributed by atoms with E-state index >= 15 is 0 Å². The van der Waals surface area contributed by atoms with E-state index in [0.717, 1.165) is 12.6 Å². The summed E-state index contributed by atoms with van der Waals surface area (Å²) in [6, 6.07) is 0.607. The van der Waals surface area contributed by atoms with Crippen molar-refractivity contribution in [2.24, 2.45) is 11.3 Å². The molecule has 3 nitrogen and oxygen atoms in total. The van der Waals surface area contributed by atoms with Crippen molar-refractivity contribution in [3.8, 4) is 0 Å². The zero-order valence-electron chi connectivity index (χ0n) is 11.3. The first-order chi connectivity index (χ1) is 7.49. The van der Waals surface area contributed by atoms with Gasteiger partial charge in [0.15, 0.2) is 0 Å². The van der Waals surface area contributed by atoms with Crippen molar-refractivity contribution in [3.63, 3.8) is 0 Å². The highest BCUT2D eigenvalue weighted by molar-refractivity contribution is 5.05. The van der Waals surface area contributed by atoms with E-state index in [-0.39, 0.29) is 0 Å². The third-order valence-electron chi connectivity index (χ3n) is 3.58. The van der Waals surface area contributed by atoms with Crippen molar-refractivity contribution in [2.45, 2.75) is 33.7 Å². The second-order valence-electron chi connectivity index (χ2n) is 6.57. The van der Waals surface area contributed by atoms with Crippen molar-refractivity contribution in [2.75, 3.05) is 39.4 Å². The first-order valence-corrected chi connectivity index (χ1v) is 6.67. The third-order valence-corrected chi connectivity index (χ3v) is 3.58. The average Bonchev–Trinajstić information content (AvgIpc) is 2.03. The minimum absolute atomic E-state index is 0.607. The van der Waals surface area contributed by atoms with Gasteiger partial charge in [-0.05, 0) is 19.8 Å². The maximum absolute atomic E-state index is 3.49. The van der Waals surface area contributed by atoms with E-state index in [1.807, 2.05) is 0 Å². The second kappa shape index (κ2) is 4.63. The van der Waals surface area contributed by atoms with Gasteiger partial charge in [-0.25, -0.2) is 0 Å². The number of likely N-dealkylation sites (tertiary alicyclic amines) is 2. The molecule has 0 aliphatic carbocycles. The molecule has 0 aromatic carbocycles. The molecule has 2 rings (SSSR count). The van der Waals surface area contributed by atoms with Crippen molar-refractivity contribution in [1.82, 2.24) is 15.1 Å². The Bertz CT molecular complexity index is 223. The van der Waals surface area contributed by atoms with Gasteiger partial charge in [-0.1, -0.05) is 13.8 Å². The third kappa shape index (κ3) is 2.76.